The van der Waals surface area contributed by atoms with Crippen LogP contribution in [0, 0.1) is 11.6 Å². The van der Waals surface area contributed by atoms with E-state index in [0.717, 1.165) is 0 Å². The molecule has 0 fully saturated rings. The van der Waals surface area contributed by atoms with E-state index in [2.05, 4.69) is 9.97 Å². The van der Waals surface area contributed by atoms with Gasteiger partial charge in [0.15, 0.2) is 11.6 Å². The summed E-state index contributed by atoms with van der Waals surface area (Å²) in [6.45, 7) is 0. The summed E-state index contributed by atoms with van der Waals surface area (Å²) in [5.41, 5.74) is -0.771. The molecule has 0 aliphatic heterocycles. The Hall–Kier alpha value is -2.82. The highest BCUT2D eigenvalue weighted by Crippen LogP contribution is 2.27. The van der Waals surface area contributed by atoms with Crippen LogP contribution in [0.25, 0.3) is 0 Å². The van der Waals surface area contributed by atoms with Crippen molar-refractivity contribution >= 4 is 21.7 Å². The second-order valence-electron chi connectivity index (χ2n) is 5.18. The third-order valence-electron chi connectivity index (χ3n) is 2.84. The Kier molecular flexibility index (Phi) is 5.16. The van der Waals surface area contributed by atoms with Crippen molar-refractivity contribution in [2.75, 3.05) is 25.3 Å². The van der Waals surface area contributed by atoms with Gasteiger partial charge in [-0.15, -0.1) is 0 Å². The maximum absolute atomic E-state index is 14.1. The fourth-order valence-electron chi connectivity index (χ4n) is 1.75. The number of nitrogens with zero attached hydrogens (tertiary/aromatic N) is 3. The molecule has 2 rings (SSSR count). The zero-order valence-corrected chi connectivity index (χ0v) is 14.3. The summed E-state index contributed by atoms with van der Waals surface area (Å²) in [6, 6.07) is 2.57. The molecule has 0 saturated carbocycles. The van der Waals surface area contributed by atoms with Crippen molar-refractivity contribution < 1.29 is 26.7 Å². The molecule has 8 nitrogen and oxygen atoms in total. The van der Waals surface area contributed by atoms with Crippen LogP contribution in [0.3, 0.4) is 0 Å². The summed E-state index contributed by atoms with van der Waals surface area (Å²) in [4.78, 5) is 21.1. The molecule has 0 bridgehead atoms. The Labute approximate surface area is 142 Å². The van der Waals surface area contributed by atoms with E-state index in [9.17, 15) is 22.0 Å². The number of hydrogen-bond acceptors (Lipinski definition) is 7. The van der Waals surface area contributed by atoms with Crippen LogP contribution in [0.2, 0.25) is 0 Å². The second-order valence-corrected chi connectivity index (χ2v) is 6.93. The van der Waals surface area contributed by atoms with Crippen molar-refractivity contribution in [2.45, 2.75) is 0 Å². The molecule has 11 heteroatoms. The molecule has 0 aliphatic carbocycles. The minimum Gasteiger partial charge on any atom is -0.436 e. The third-order valence-corrected chi connectivity index (χ3v) is 3.40. The Morgan fingerprint density at radius 1 is 1.16 bits per heavy atom. The van der Waals surface area contributed by atoms with Crippen molar-refractivity contribution in [2.24, 2.45) is 0 Å². The van der Waals surface area contributed by atoms with E-state index in [1.54, 1.807) is 23.7 Å². The monoisotopic (exact) mass is 372 g/mol. The van der Waals surface area contributed by atoms with Crippen LogP contribution in [-0.2, 0) is 10.0 Å². The number of ether oxygens (including phenoxy) is 1. The van der Waals surface area contributed by atoms with Gasteiger partial charge in [0.05, 0.1) is 11.8 Å². The number of rotatable bonds is 5. The van der Waals surface area contributed by atoms with Crippen LogP contribution in [0.4, 0.5) is 14.6 Å². The van der Waals surface area contributed by atoms with Crippen molar-refractivity contribution in [3.8, 4) is 11.6 Å². The first-order chi connectivity index (χ1) is 11.6. The van der Waals surface area contributed by atoms with Gasteiger partial charge in [-0.05, 0) is 6.07 Å². The van der Waals surface area contributed by atoms with E-state index < -0.39 is 38.9 Å². The zero-order valence-electron chi connectivity index (χ0n) is 13.4. The fraction of sp³-hybridized carbons (Fsp3) is 0.214. The summed E-state index contributed by atoms with van der Waals surface area (Å²) in [6.07, 6.45) is 1.90. The van der Waals surface area contributed by atoms with Crippen molar-refractivity contribution in [3.63, 3.8) is 0 Å². The SMILES string of the molecule is CN(C)c1cc(Oc2cc(F)c(C(=O)NS(C)(=O)=O)cc2F)ncn1. The number of aromatic nitrogens is 2. The molecular formula is C14H14F2N4O4S. The van der Waals surface area contributed by atoms with Crippen LogP contribution >= 0.6 is 0 Å². The zero-order chi connectivity index (χ0) is 18.8. The maximum atomic E-state index is 14.1. The van der Waals surface area contributed by atoms with Gasteiger partial charge in [-0.3, -0.25) is 4.79 Å². The highest BCUT2D eigenvalue weighted by Gasteiger charge is 2.20. The largest absolute Gasteiger partial charge is 0.436 e. The van der Waals surface area contributed by atoms with E-state index in [1.807, 2.05) is 0 Å². The summed E-state index contributed by atoms with van der Waals surface area (Å²) < 4.78 is 56.9. The molecule has 25 heavy (non-hydrogen) atoms. The number of sulfonamides is 1. The van der Waals surface area contributed by atoms with E-state index in [-0.39, 0.29) is 5.88 Å². The number of benzene rings is 1. The average Bonchev–Trinajstić information content (AvgIpc) is 2.49. The smallest absolute Gasteiger partial charge is 0.267 e. The van der Waals surface area contributed by atoms with Crippen LogP contribution in [0.1, 0.15) is 10.4 Å². The van der Waals surface area contributed by atoms with E-state index in [1.165, 1.54) is 12.4 Å². The number of nitrogens with one attached hydrogen (secondary N) is 1. The van der Waals surface area contributed by atoms with Gasteiger partial charge in [-0.1, -0.05) is 0 Å². The molecule has 0 aliphatic rings. The fourth-order valence-corrected chi connectivity index (χ4v) is 2.19. The molecule has 0 spiro atoms. The molecule has 1 aromatic carbocycles. The van der Waals surface area contributed by atoms with Gasteiger partial charge in [0.1, 0.15) is 18.0 Å². The first kappa shape index (κ1) is 18.5. The summed E-state index contributed by atoms with van der Waals surface area (Å²) in [5.74, 6) is -3.58. The van der Waals surface area contributed by atoms with E-state index in [0.29, 0.717) is 24.2 Å². The third kappa shape index (κ3) is 4.83. The van der Waals surface area contributed by atoms with Gasteiger partial charge in [0, 0.05) is 26.2 Å². The normalized spacial score (nSPS) is 11.1. The number of amides is 1. The van der Waals surface area contributed by atoms with Gasteiger partial charge in [-0.2, -0.15) is 0 Å². The molecule has 1 amide bonds. The van der Waals surface area contributed by atoms with Crippen LogP contribution in [0.15, 0.2) is 24.5 Å². The lowest BCUT2D eigenvalue weighted by molar-refractivity contribution is 0.0977. The predicted molar refractivity (Wildman–Crippen MR) is 85.1 cm³/mol. The maximum Gasteiger partial charge on any atom is 0.267 e. The van der Waals surface area contributed by atoms with Gasteiger partial charge < -0.3 is 9.64 Å². The molecular weight excluding hydrogens is 358 g/mol. The predicted octanol–water partition coefficient (Wildman–Crippen LogP) is 1.30. The lowest BCUT2D eigenvalue weighted by Gasteiger charge is -2.12. The Balaban J connectivity index is 2.31. The summed E-state index contributed by atoms with van der Waals surface area (Å²) in [5, 5.41) is 0. The minimum atomic E-state index is -3.91. The van der Waals surface area contributed by atoms with Gasteiger partial charge in [-0.25, -0.2) is 31.9 Å². The first-order valence-electron chi connectivity index (χ1n) is 6.75. The summed E-state index contributed by atoms with van der Waals surface area (Å²) >= 11 is 0. The molecule has 0 atom stereocenters. The summed E-state index contributed by atoms with van der Waals surface area (Å²) in [7, 11) is -0.467. The molecule has 134 valence electrons. The Bertz CT molecular complexity index is 919. The molecule has 2 aromatic rings. The van der Waals surface area contributed by atoms with Crippen molar-refractivity contribution in [1.82, 2.24) is 14.7 Å². The lowest BCUT2D eigenvalue weighted by atomic mass is 10.2. The number of hydrogen-bond donors (Lipinski definition) is 1. The molecule has 0 unspecified atom stereocenters. The van der Waals surface area contributed by atoms with Crippen LogP contribution in [0.5, 0.6) is 11.6 Å². The Morgan fingerprint density at radius 3 is 2.44 bits per heavy atom. The number of anilines is 1. The quantitative estimate of drug-likeness (QED) is 0.844. The standard InChI is InChI=1S/C14H14F2N4O4S/c1-20(2)12-6-13(18-7-17-12)24-11-5-9(15)8(4-10(11)16)14(21)19-25(3,22)23/h4-7H,1-3H3,(H,19,21). The van der Waals surface area contributed by atoms with Crippen molar-refractivity contribution in [3.05, 3.63) is 41.7 Å². The minimum absolute atomic E-state index is 0.0367. The molecule has 0 saturated heterocycles. The van der Waals surface area contributed by atoms with Gasteiger partial charge in [0.2, 0.25) is 15.9 Å². The van der Waals surface area contributed by atoms with Crippen LogP contribution in [-0.4, -0.2) is 44.6 Å². The highest BCUT2D eigenvalue weighted by atomic mass is 32.2. The number of carbonyl (C=O) groups is 1. The van der Waals surface area contributed by atoms with Crippen molar-refractivity contribution in [1.29, 1.82) is 0 Å². The van der Waals surface area contributed by atoms with Gasteiger partial charge in [0.25, 0.3) is 5.91 Å². The molecule has 1 N–H and O–H groups in total. The Morgan fingerprint density at radius 2 is 1.84 bits per heavy atom. The number of carbonyl (C=O) groups excluding carboxylic acids is 1. The average molecular weight is 372 g/mol. The van der Waals surface area contributed by atoms with E-state index >= 15 is 0 Å². The molecule has 1 aromatic heterocycles. The van der Waals surface area contributed by atoms with Gasteiger partial charge >= 0.3 is 0 Å². The first-order valence-corrected chi connectivity index (χ1v) is 8.64. The second kappa shape index (κ2) is 6.97. The highest BCUT2D eigenvalue weighted by molar-refractivity contribution is 7.89. The lowest BCUT2D eigenvalue weighted by Crippen LogP contribution is -2.30. The number of halogens is 2. The van der Waals surface area contributed by atoms with E-state index in [4.69, 9.17) is 4.74 Å². The molecule has 0 radical (unpaired) electrons. The molecule has 1 heterocycles. The van der Waals surface area contributed by atoms with Crippen LogP contribution < -0.4 is 14.4 Å². The topological polar surface area (TPSA) is 101 Å².